The molecular formula is C16H15NS. The van der Waals surface area contributed by atoms with Gasteiger partial charge in [-0.05, 0) is 37.1 Å². The second-order valence-corrected chi connectivity index (χ2v) is 5.97. The standard InChI is InChI=1S/C16H15NS/c1-2-17-14-6-4-3-5-12(14)13-9-11-7-8-18-16(11)10-15(13)17/h3-6,9-10H,2,7-8H2,1H3. The minimum Gasteiger partial charge on any atom is -0.341 e. The quantitative estimate of drug-likeness (QED) is 0.619. The van der Waals surface area contributed by atoms with Gasteiger partial charge in [0.1, 0.15) is 0 Å². The first-order valence-corrected chi connectivity index (χ1v) is 7.53. The number of rotatable bonds is 1. The van der Waals surface area contributed by atoms with Crippen LogP contribution in [0.15, 0.2) is 41.3 Å². The highest BCUT2D eigenvalue weighted by atomic mass is 32.2. The third kappa shape index (κ3) is 1.30. The Hall–Kier alpha value is -1.41. The number of benzene rings is 2. The minimum absolute atomic E-state index is 1.04. The summed E-state index contributed by atoms with van der Waals surface area (Å²) in [5, 5.41) is 2.82. The Morgan fingerprint density at radius 2 is 2.00 bits per heavy atom. The lowest BCUT2D eigenvalue weighted by molar-refractivity contribution is 0.826. The largest absolute Gasteiger partial charge is 0.341 e. The monoisotopic (exact) mass is 253 g/mol. The van der Waals surface area contributed by atoms with Crippen molar-refractivity contribution in [2.45, 2.75) is 24.8 Å². The van der Waals surface area contributed by atoms with E-state index in [0.717, 1.165) is 6.54 Å². The van der Waals surface area contributed by atoms with Crippen LogP contribution in [0, 0.1) is 0 Å². The molecule has 0 N–H and O–H groups in total. The second-order valence-electron chi connectivity index (χ2n) is 4.84. The number of thioether (sulfide) groups is 1. The normalized spacial score (nSPS) is 14.5. The molecule has 1 aliphatic rings. The first-order chi connectivity index (χ1) is 8.88. The van der Waals surface area contributed by atoms with Crippen LogP contribution in [0.3, 0.4) is 0 Å². The Morgan fingerprint density at radius 3 is 2.89 bits per heavy atom. The van der Waals surface area contributed by atoms with Crippen LogP contribution >= 0.6 is 11.8 Å². The van der Waals surface area contributed by atoms with E-state index in [-0.39, 0.29) is 0 Å². The molecular weight excluding hydrogens is 238 g/mol. The van der Waals surface area contributed by atoms with Crippen molar-refractivity contribution in [1.82, 2.24) is 4.57 Å². The maximum Gasteiger partial charge on any atom is 0.0502 e. The number of nitrogens with zero attached hydrogens (tertiary/aromatic N) is 1. The smallest absolute Gasteiger partial charge is 0.0502 e. The maximum absolute atomic E-state index is 2.43. The first-order valence-electron chi connectivity index (χ1n) is 6.55. The van der Waals surface area contributed by atoms with Gasteiger partial charge < -0.3 is 4.57 Å². The fraction of sp³-hybridized carbons (Fsp3) is 0.250. The van der Waals surface area contributed by atoms with E-state index in [0.29, 0.717) is 0 Å². The van der Waals surface area contributed by atoms with Crippen molar-refractivity contribution in [2.24, 2.45) is 0 Å². The Bertz CT molecular complexity index is 754. The SMILES string of the molecule is CCn1c2ccccc2c2cc3c(cc21)SCC3. The van der Waals surface area contributed by atoms with Crippen molar-refractivity contribution in [3.8, 4) is 0 Å². The molecule has 90 valence electrons. The van der Waals surface area contributed by atoms with Gasteiger partial charge in [0.05, 0.1) is 5.52 Å². The Labute approximate surface area is 111 Å². The van der Waals surface area contributed by atoms with Crippen molar-refractivity contribution in [2.75, 3.05) is 5.75 Å². The van der Waals surface area contributed by atoms with Gasteiger partial charge in [0, 0.05) is 33.5 Å². The molecule has 0 atom stereocenters. The van der Waals surface area contributed by atoms with Gasteiger partial charge in [0.2, 0.25) is 0 Å². The summed E-state index contributed by atoms with van der Waals surface area (Å²) in [6.45, 7) is 3.26. The van der Waals surface area contributed by atoms with Crippen molar-refractivity contribution >= 4 is 33.6 Å². The van der Waals surface area contributed by atoms with Crippen LogP contribution in [-0.4, -0.2) is 10.3 Å². The molecule has 0 amide bonds. The predicted octanol–water partition coefficient (Wildman–Crippen LogP) is 4.46. The fourth-order valence-electron chi connectivity index (χ4n) is 3.06. The van der Waals surface area contributed by atoms with Crippen LogP contribution in [0.5, 0.6) is 0 Å². The highest BCUT2D eigenvalue weighted by Crippen LogP contribution is 2.38. The summed E-state index contributed by atoms with van der Waals surface area (Å²) in [5.41, 5.74) is 4.29. The molecule has 1 aliphatic heterocycles. The minimum atomic E-state index is 1.04. The van der Waals surface area contributed by atoms with E-state index in [1.54, 1.807) is 0 Å². The average Bonchev–Trinajstić information content (AvgIpc) is 2.97. The number of para-hydroxylation sites is 1. The lowest BCUT2D eigenvalue weighted by Crippen LogP contribution is -1.93. The molecule has 18 heavy (non-hydrogen) atoms. The van der Waals surface area contributed by atoms with E-state index < -0.39 is 0 Å². The average molecular weight is 253 g/mol. The van der Waals surface area contributed by atoms with Gasteiger partial charge >= 0.3 is 0 Å². The van der Waals surface area contributed by atoms with E-state index in [9.17, 15) is 0 Å². The van der Waals surface area contributed by atoms with Crippen molar-refractivity contribution in [1.29, 1.82) is 0 Å². The maximum atomic E-state index is 2.43. The Morgan fingerprint density at radius 1 is 1.11 bits per heavy atom. The van der Waals surface area contributed by atoms with Crippen LogP contribution in [0.2, 0.25) is 0 Å². The zero-order valence-electron chi connectivity index (χ0n) is 10.4. The molecule has 2 aromatic carbocycles. The molecule has 1 nitrogen and oxygen atoms in total. The number of aromatic nitrogens is 1. The third-order valence-corrected chi connectivity index (χ3v) is 5.00. The summed E-state index contributed by atoms with van der Waals surface area (Å²) in [7, 11) is 0. The lowest BCUT2D eigenvalue weighted by atomic mass is 10.1. The summed E-state index contributed by atoms with van der Waals surface area (Å²) in [4.78, 5) is 1.49. The zero-order chi connectivity index (χ0) is 12.1. The van der Waals surface area contributed by atoms with E-state index >= 15 is 0 Å². The van der Waals surface area contributed by atoms with Crippen molar-refractivity contribution in [3.63, 3.8) is 0 Å². The van der Waals surface area contributed by atoms with E-state index in [2.05, 4.69) is 47.9 Å². The Balaban J connectivity index is 2.21. The van der Waals surface area contributed by atoms with E-state index in [1.807, 2.05) is 11.8 Å². The molecule has 0 radical (unpaired) electrons. The van der Waals surface area contributed by atoms with Crippen LogP contribution < -0.4 is 0 Å². The number of fused-ring (bicyclic) bond motifs is 4. The first kappa shape index (κ1) is 10.5. The fourth-order valence-corrected chi connectivity index (χ4v) is 4.14. The number of hydrogen-bond donors (Lipinski definition) is 0. The molecule has 0 unspecified atom stereocenters. The molecule has 2 heteroatoms. The van der Waals surface area contributed by atoms with Crippen molar-refractivity contribution < 1.29 is 0 Å². The van der Waals surface area contributed by atoms with E-state index in [1.165, 1.54) is 44.4 Å². The van der Waals surface area contributed by atoms with Gasteiger partial charge in [-0.25, -0.2) is 0 Å². The molecule has 0 aliphatic carbocycles. The highest BCUT2D eigenvalue weighted by Gasteiger charge is 2.16. The van der Waals surface area contributed by atoms with Gasteiger partial charge in [-0.15, -0.1) is 11.8 Å². The third-order valence-electron chi connectivity index (χ3n) is 3.90. The molecule has 1 aromatic heterocycles. The molecule has 0 saturated heterocycles. The number of aryl methyl sites for hydroxylation is 2. The topological polar surface area (TPSA) is 4.93 Å². The van der Waals surface area contributed by atoms with Crippen LogP contribution in [0.4, 0.5) is 0 Å². The molecule has 3 aromatic rings. The lowest BCUT2D eigenvalue weighted by Gasteiger charge is -2.04. The second kappa shape index (κ2) is 3.79. The van der Waals surface area contributed by atoms with Crippen molar-refractivity contribution in [3.05, 3.63) is 42.0 Å². The summed E-state index contributed by atoms with van der Waals surface area (Å²) in [5.74, 6) is 1.24. The molecule has 2 heterocycles. The summed E-state index contributed by atoms with van der Waals surface area (Å²) < 4.78 is 2.43. The van der Waals surface area contributed by atoms with E-state index in [4.69, 9.17) is 0 Å². The molecule has 0 fully saturated rings. The molecule has 0 bridgehead atoms. The van der Waals surface area contributed by atoms with Gasteiger partial charge in [-0.1, -0.05) is 18.2 Å². The van der Waals surface area contributed by atoms with Crippen LogP contribution in [-0.2, 0) is 13.0 Å². The molecule has 0 saturated carbocycles. The van der Waals surface area contributed by atoms with Gasteiger partial charge in [-0.2, -0.15) is 0 Å². The highest BCUT2D eigenvalue weighted by molar-refractivity contribution is 7.99. The summed E-state index contributed by atoms with van der Waals surface area (Å²) in [6, 6.07) is 13.6. The zero-order valence-corrected chi connectivity index (χ0v) is 11.3. The van der Waals surface area contributed by atoms with Gasteiger partial charge in [0.25, 0.3) is 0 Å². The van der Waals surface area contributed by atoms with Crippen LogP contribution in [0.1, 0.15) is 12.5 Å². The predicted molar refractivity (Wildman–Crippen MR) is 79.5 cm³/mol. The number of hydrogen-bond acceptors (Lipinski definition) is 1. The van der Waals surface area contributed by atoms with Gasteiger partial charge in [-0.3, -0.25) is 0 Å². The van der Waals surface area contributed by atoms with Crippen LogP contribution in [0.25, 0.3) is 21.8 Å². The van der Waals surface area contributed by atoms with Gasteiger partial charge in [0.15, 0.2) is 0 Å². The molecule has 4 rings (SSSR count). The summed E-state index contributed by atoms with van der Waals surface area (Å²) >= 11 is 2.00. The molecule has 0 spiro atoms. The Kier molecular flexibility index (Phi) is 2.21. The summed E-state index contributed by atoms with van der Waals surface area (Å²) in [6.07, 6.45) is 1.22.